The second-order valence-electron chi connectivity index (χ2n) is 6.36. The first kappa shape index (κ1) is 17.9. The van der Waals surface area contributed by atoms with Gasteiger partial charge >= 0.3 is 0 Å². The van der Waals surface area contributed by atoms with Crippen molar-refractivity contribution in [1.29, 1.82) is 0 Å². The van der Waals surface area contributed by atoms with E-state index in [1.54, 1.807) is 15.8 Å². The smallest absolute Gasteiger partial charge is 0.237 e. The van der Waals surface area contributed by atoms with Crippen LogP contribution in [0, 0.1) is 0 Å². The normalized spacial score (nSPS) is 21.1. The Kier molecular flexibility index (Phi) is 5.46. The van der Waals surface area contributed by atoms with E-state index in [9.17, 15) is 13.2 Å². The molecular weight excluding hydrogens is 316 g/mol. The van der Waals surface area contributed by atoms with Gasteiger partial charge in [-0.05, 0) is 27.8 Å². The Hall–Kier alpha value is -1.41. The number of aromatic nitrogens is 2. The number of carbonyl (C=O) groups is 1. The van der Waals surface area contributed by atoms with Crippen molar-refractivity contribution in [3.05, 3.63) is 18.0 Å². The number of amides is 1. The van der Waals surface area contributed by atoms with E-state index in [2.05, 4.69) is 5.10 Å². The molecule has 1 amide bonds. The van der Waals surface area contributed by atoms with E-state index in [0.717, 1.165) is 5.56 Å². The topological polar surface area (TPSA) is 75.5 Å². The van der Waals surface area contributed by atoms with Crippen LogP contribution in [0.1, 0.15) is 32.4 Å². The van der Waals surface area contributed by atoms with Crippen molar-refractivity contribution in [2.75, 3.05) is 31.6 Å². The zero-order chi connectivity index (χ0) is 17.2. The molecular formula is C15H26N4O3S. The molecule has 1 saturated heterocycles. The lowest BCUT2D eigenvalue weighted by molar-refractivity contribution is -0.134. The molecule has 0 bridgehead atoms. The van der Waals surface area contributed by atoms with Crippen LogP contribution in [0.3, 0.4) is 0 Å². The molecule has 130 valence electrons. The van der Waals surface area contributed by atoms with Crippen LogP contribution in [-0.2, 0) is 21.2 Å². The zero-order valence-electron chi connectivity index (χ0n) is 14.3. The van der Waals surface area contributed by atoms with Gasteiger partial charge in [0.2, 0.25) is 5.91 Å². The minimum atomic E-state index is -3.13. The van der Waals surface area contributed by atoms with E-state index >= 15 is 0 Å². The van der Waals surface area contributed by atoms with Crippen LogP contribution in [0.25, 0.3) is 0 Å². The first-order valence-electron chi connectivity index (χ1n) is 7.96. The summed E-state index contributed by atoms with van der Waals surface area (Å²) in [5.74, 6) is -0.0346. The molecule has 0 saturated carbocycles. The van der Waals surface area contributed by atoms with Crippen LogP contribution in [0.5, 0.6) is 0 Å². The molecule has 1 fully saturated rings. The molecule has 1 aromatic heterocycles. The van der Waals surface area contributed by atoms with E-state index < -0.39 is 15.9 Å². The molecule has 0 aromatic carbocycles. The van der Waals surface area contributed by atoms with Gasteiger partial charge < -0.3 is 4.90 Å². The largest absolute Gasteiger partial charge is 0.332 e. The average molecular weight is 342 g/mol. The number of carbonyl (C=O) groups excluding carboxylic acids is 1. The van der Waals surface area contributed by atoms with E-state index in [4.69, 9.17) is 0 Å². The molecule has 1 aliphatic heterocycles. The molecule has 1 aliphatic rings. The van der Waals surface area contributed by atoms with Gasteiger partial charge in [0.25, 0.3) is 0 Å². The Morgan fingerprint density at radius 3 is 2.74 bits per heavy atom. The van der Waals surface area contributed by atoms with Gasteiger partial charge in [0.15, 0.2) is 9.84 Å². The molecule has 1 aromatic rings. The molecule has 0 radical (unpaired) electrons. The third-order valence-corrected chi connectivity index (χ3v) is 6.01. The SMILES string of the molecule is CCn1cc([C@H]2CS(=O)(=O)CCN2C(=O)CN(C)C(C)C)cn1. The number of sulfone groups is 1. The number of rotatable bonds is 5. The summed E-state index contributed by atoms with van der Waals surface area (Å²) in [6.45, 7) is 7.26. The van der Waals surface area contributed by atoms with Crippen LogP contribution >= 0.6 is 0 Å². The molecule has 7 nitrogen and oxygen atoms in total. The van der Waals surface area contributed by atoms with Crippen LogP contribution in [0.2, 0.25) is 0 Å². The maximum atomic E-state index is 12.6. The number of hydrogen-bond donors (Lipinski definition) is 0. The Bertz CT molecular complexity index is 653. The minimum absolute atomic E-state index is 0.0282. The third kappa shape index (κ3) is 4.32. The summed E-state index contributed by atoms with van der Waals surface area (Å²) < 4.78 is 25.8. The molecule has 0 spiro atoms. The molecule has 8 heteroatoms. The van der Waals surface area contributed by atoms with Gasteiger partial charge in [-0.1, -0.05) is 0 Å². The van der Waals surface area contributed by atoms with Crippen LogP contribution < -0.4 is 0 Å². The molecule has 23 heavy (non-hydrogen) atoms. The summed E-state index contributed by atoms with van der Waals surface area (Å²) in [5.41, 5.74) is 0.788. The third-order valence-electron chi connectivity index (χ3n) is 4.38. The van der Waals surface area contributed by atoms with Crippen LogP contribution in [-0.4, -0.2) is 71.6 Å². The Balaban J connectivity index is 2.23. The van der Waals surface area contributed by atoms with Crippen LogP contribution in [0.15, 0.2) is 12.4 Å². The van der Waals surface area contributed by atoms with E-state index in [-0.39, 0.29) is 36.5 Å². The summed E-state index contributed by atoms with van der Waals surface area (Å²) in [5, 5.41) is 4.21. The standard InChI is InChI=1S/C15H26N4O3S/c1-5-18-9-13(8-16-18)14-11-23(21,22)7-6-19(14)15(20)10-17(4)12(2)3/h8-9,12,14H,5-7,10-11H2,1-4H3/t14-/m1/s1. The number of aryl methyl sites for hydroxylation is 1. The Labute approximate surface area is 138 Å². The quantitative estimate of drug-likeness (QED) is 0.781. The first-order chi connectivity index (χ1) is 10.7. The van der Waals surface area contributed by atoms with Gasteiger partial charge in [0.1, 0.15) is 0 Å². The van der Waals surface area contributed by atoms with Gasteiger partial charge in [0.05, 0.1) is 30.3 Å². The minimum Gasteiger partial charge on any atom is -0.332 e. The molecule has 0 N–H and O–H groups in total. The van der Waals surface area contributed by atoms with Gasteiger partial charge in [-0.2, -0.15) is 5.10 Å². The van der Waals surface area contributed by atoms with Crippen molar-refractivity contribution >= 4 is 15.7 Å². The molecule has 2 rings (SSSR count). The van der Waals surface area contributed by atoms with E-state index in [1.807, 2.05) is 38.9 Å². The number of nitrogens with zero attached hydrogens (tertiary/aromatic N) is 4. The van der Waals surface area contributed by atoms with Crippen molar-refractivity contribution < 1.29 is 13.2 Å². The highest BCUT2D eigenvalue weighted by Gasteiger charge is 2.36. The highest BCUT2D eigenvalue weighted by atomic mass is 32.2. The molecule has 0 aliphatic carbocycles. The summed E-state index contributed by atoms with van der Waals surface area (Å²) >= 11 is 0. The fourth-order valence-corrected chi connectivity index (χ4v) is 4.09. The second-order valence-corrected chi connectivity index (χ2v) is 8.58. The van der Waals surface area contributed by atoms with Crippen LogP contribution in [0.4, 0.5) is 0 Å². The highest BCUT2D eigenvalue weighted by Crippen LogP contribution is 2.27. The fourth-order valence-electron chi connectivity index (χ4n) is 2.59. The highest BCUT2D eigenvalue weighted by molar-refractivity contribution is 7.91. The van der Waals surface area contributed by atoms with Gasteiger partial charge in [0, 0.05) is 30.9 Å². The van der Waals surface area contributed by atoms with E-state index in [1.165, 1.54) is 0 Å². The van der Waals surface area contributed by atoms with Crippen molar-refractivity contribution in [3.8, 4) is 0 Å². The number of hydrogen-bond acceptors (Lipinski definition) is 5. The van der Waals surface area contributed by atoms with Crippen molar-refractivity contribution in [3.63, 3.8) is 0 Å². The van der Waals surface area contributed by atoms with Crippen molar-refractivity contribution in [2.45, 2.75) is 39.4 Å². The molecule has 0 unspecified atom stereocenters. The Morgan fingerprint density at radius 1 is 1.48 bits per heavy atom. The Morgan fingerprint density at radius 2 is 2.17 bits per heavy atom. The summed E-state index contributed by atoms with van der Waals surface area (Å²) in [6.07, 6.45) is 3.50. The lowest BCUT2D eigenvalue weighted by atomic mass is 10.1. The summed E-state index contributed by atoms with van der Waals surface area (Å²) in [4.78, 5) is 16.3. The molecule has 1 atom stereocenters. The van der Waals surface area contributed by atoms with Gasteiger partial charge in [-0.3, -0.25) is 14.4 Å². The molecule has 2 heterocycles. The number of likely N-dealkylation sites (N-methyl/N-ethyl adjacent to an activating group) is 1. The maximum Gasteiger partial charge on any atom is 0.237 e. The summed E-state index contributed by atoms with van der Waals surface area (Å²) in [7, 11) is -1.24. The average Bonchev–Trinajstić information content (AvgIpc) is 2.94. The fraction of sp³-hybridized carbons (Fsp3) is 0.733. The van der Waals surface area contributed by atoms with Crippen molar-refractivity contribution in [1.82, 2.24) is 19.6 Å². The van der Waals surface area contributed by atoms with E-state index in [0.29, 0.717) is 6.54 Å². The lowest BCUT2D eigenvalue weighted by Gasteiger charge is -2.36. The van der Waals surface area contributed by atoms with Crippen molar-refractivity contribution in [2.24, 2.45) is 0 Å². The first-order valence-corrected chi connectivity index (χ1v) is 9.78. The van der Waals surface area contributed by atoms with Gasteiger partial charge in [-0.15, -0.1) is 0 Å². The zero-order valence-corrected chi connectivity index (χ0v) is 15.1. The predicted octanol–water partition coefficient (Wildman–Crippen LogP) is 0.541. The second kappa shape index (κ2) is 7.00. The summed E-state index contributed by atoms with van der Waals surface area (Å²) in [6, 6.07) is -0.184. The lowest BCUT2D eigenvalue weighted by Crippen LogP contribution is -2.49. The predicted molar refractivity (Wildman–Crippen MR) is 88.8 cm³/mol. The van der Waals surface area contributed by atoms with Gasteiger partial charge in [-0.25, -0.2) is 8.42 Å². The maximum absolute atomic E-state index is 12.6. The monoisotopic (exact) mass is 342 g/mol.